The molecular weight excluding hydrogens is 286 g/mol. The van der Waals surface area contributed by atoms with Crippen molar-refractivity contribution in [2.45, 2.75) is 20.3 Å². The number of nitrogens with one attached hydrogen (secondary N) is 1. The van der Waals surface area contributed by atoms with E-state index in [9.17, 15) is 4.79 Å². The van der Waals surface area contributed by atoms with Crippen LogP contribution in [0.1, 0.15) is 33.0 Å². The van der Waals surface area contributed by atoms with Gasteiger partial charge in [-0.25, -0.2) is 9.97 Å². The first-order valence-electron chi connectivity index (χ1n) is 6.40. The highest BCUT2D eigenvalue weighted by molar-refractivity contribution is 7.10. The standard InChI is InChI=1S/C15H15N3O2S/c1-10-7-11(2)17-15(16-10)18-14(20)12-8-13(21-9-12)5-3-4-6-19/h7-9,19H,4,6H2,1-2H3,(H,16,17,18,20). The van der Waals surface area contributed by atoms with Gasteiger partial charge in [0.2, 0.25) is 5.95 Å². The predicted octanol–water partition coefficient (Wildman–Crippen LogP) is 2.14. The minimum atomic E-state index is -0.258. The molecule has 21 heavy (non-hydrogen) atoms. The fourth-order valence-electron chi connectivity index (χ4n) is 1.68. The number of amides is 1. The van der Waals surface area contributed by atoms with Crippen LogP contribution in [0.2, 0.25) is 0 Å². The van der Waals surface area contributed by atoms with Crippen LogP contribution in [0.4, 0.5) is 5.95 Å². The highest BCUT2D eigenvalue weighted by atomic mass is 32.1. The van der Waals surface area contributed by atoms with Crippen molar-refractivity contribution in [2.24, 2.45) is 0 Å². The Hall–Kier alpha value is -2.23. The topological polar surface area (TPSA) is 75.1 Å². The highest BCUT2D eigenvalue weighted by Crippen LogP contribution is 2.15. The molecule has 0 aliphatic carbocycles. The summed E-state index contributed by atoms with van der Waals surface area (Å²) in [6, 6.07) is 3.56. The molecule has 6 heteroatoms. The average Bonchev–Trinajstić information content (AvgIpc) is 2.86. The molecule has 0 spiro atoms. The number of anilines is 1. The van der Waals surface area contributed by atoms with Crippen LogP contribution in [0.25, 0.3) is 0 Å². The summed E-state index contributed by atoms with van der Waals surface area (Å²) in [7, 11) is 0. The molecule has 2 N–H and O–H groups in total. The molecular formula is C15H15N3O2S. The lowest BCUT2D eigenvalue weighted by atomic mass is 10.3. The number of hydrogen-bond acceptors (Lipinski definition) is 5. The van der Waals surface area contributed by atoms with E-state index < -0.39 is 0 Å². The number of aryl methyl sites for hydroxylation is 2. The smallest absolute Gasteiger partial charge is 0.258 e. The van der Waals surface area contributed by atoms with Gasteiger partial charge in [0.25, 0.3) is 5.91 Å². The van der Waals surface area contributed by atoms with Crippen molar-refractivity contribution in [3.63, 3.8) is 0 Å². The first kappa shape index (κ1) is 15.2. The Morgan fingerprint density at radius 2 is 2.05 bits per heavy atom. The zero-order valence-corrected chi connectivity index (χ0v) is 12.6. The molecule has 0 atom stereocenters. The molecule has 2 aromatic heterocycles. The molecule has 0 fully saturated rings. The molecule has 0 aliphatic rings. The SMILES string of the molecule is Cc1cc(C)nc(NC(=O)c2csc(C#CCCO)c2)n1. The third kappa shape index (κ3) is 4.38. The van der Waals surface area contributed by atoms with Crippen molar-refractivity contribution in [3.8, 4) is 11.8 Å². The zero-order valence-electron chi connectivity index (χ0n) is 11.8. The van der Waals surface area contributed by atoms with Gasteiger partial charge in [0.05, 0.1) is 17.0 Å². The molecule has 5 nitrogen and oxygen atoms in total. The Kier molecular flexibility index (Phi) is 5.04. The first-order valence-corrected chi connectivity index (χ1v) is 7.28. The molecule has 0 bridgehead atoms. The van der Waals surface area contributed by atoms with Gasteiger partial charge in [-0.1, -0.05) is 11.8 Å². The third-order valence-electron chi connectivity index (χ3n) is 2.52. The number of thiophene rings is 1. The number of carbonyl (C=O) groups excluding carboxylic acids is 1. The van der Waals surface area contributed by atoms with E-state index in [0.717, 1.165) is 16.3 Å². The predicted molar refractivity (Wildman–Crippen MR) is 82.4 cm³/mol. The van der Waals surface area contributed by atoms with Crippen molar-refractivity contribution in [1.82, 2.24) is 9.97 Å². The summed E-state index contributed by atoms with van der Waals surface area (Å²) in [5.74, 6) is 5.77. The normalized spacial score (nSPS) is 9.86. The fraction of sp³-hybridized carbons (Fsp3) is 0.267. The number of rotatable bonds is 3. The number of carbonyl (C=O) groups is 1. The number of aliphatic hydroxyl groups is 1. The van der Waals surface area contributed by atoms with E-state index in [1.165, 1.54) is 11.3 Å². The van der Waals surface area contributed by atoms with Crippen LogP contribution in [-0.2, 0) is 0 Å². The summed E-state index contributed by atoms with van der Waals surface area (Å²) in [6.07, 6.45) is 0.426. The van der Waals surface area contributed by atoms with E-state index in [0.29, 0.717) is 17.9 Å². The van der Waals surface area contributed by atoms with E-state index in [1.54, 1.807) is 11.4 Å². The summed E-state index contributed by atoms with van der Waals surface area (Å²) >= 11 is 1.39. The molecule has 0 aliphatic heterocycles. The number of aromatic nitrogens is 2. The second-order valence-electron chi connectivity index (χ2n) is 4.40. The fourth-order valence-corrected chi connectivity index (χ4v) is 2.44. The average molecular weight is 301 g/mol. The second-order valence-corrected chi connectivity index (χ2v) is 5.31. The van der Waals surface area contributed by atoms with E-state index in [4.69, 9.17) is 5.11 Å². The van der Waals surface area contributed by atoms with Crippen molar-refractivity contribution >= 4 is 23.2 Å². The van der Waals surface area contributed by atoms with Crippen LogP contribution < -0.4 is 5.32 Å². The molecule has 0 saturated heterocycles. The van der Waals surface area contributed by atoms with Crippen LogP contribution in [-0.4, -0.2) is 27.6 Å². The quantitative estimate of drug-likeness (QED) is 0.852. The van der Waals surface area contributed by atoms with Crippen molar-refractivity contribution < 1.29 is 9.90 Å². The lowest BCUT2D eigenvalue weighted by Gasteiger charge is -2.04. The number of nitrogens with zero attached hydrogens (tertiary/aromatic N) is 2. The molecule has 2 rings (SSSR count). The Bertz CT molecular complexity index is 693. The minimum Gasteiger partial charge on any atom is -0.395 e. The Labute approximate surface area is 127 Å². The zero-order chi connectivity index (χ0) is 15.2. The van der Waals surface area contributed by atoms with Crippen molar-refractivity contribution in [1.29, 1.82) is 0 Å². The maximum Gasteiger partial charge on any atom is 0.258 e. The molecule has 1 amide bonds. The van der Waals surface area contributed by atoms with Crippen molar-refractivity contribution in [3.05, 3.63) is 39.3 Å². The van der Waals surface area contributed by atoms with E-state index in [2.05, 4.69) is 27.1 Å². The molecule has 2 aromatic rings. The number of hydrogen-bond donors (Lipinski definition) is 2. The van der Waals surface area contributed by atoms with Gasteiger partial charge in [-0.3, -0.25) is 10.1 Å². The minimum absolute atomic E-state index is 0.0375. The number of aliphatic hydroxyl groups excluding tert-OH is 1. The van der Waals surface area contributed by atoms with E-state index in [-0.39, 0.29) is 12.5 Å². The summed E-state index contributed by atoms with van der Waals surface area (Å²) in [6.45, 7) is 3.74. The molecule has 2 heterocycles. The Morgan fingerprint density at radius 3 is 2.71 bits per heavy atom. The van der Waals surface area contributed by atoms with Gasteiger partial charge in [-0.2, -0.15) is 0 Å². The van der Waals surface area contributed by atoms with Crippen LogP contribution in [0, 0.1) is 25.7 Å². The Balaban J connectivity index is 2.09. The summed E-state index contributed by atoms with van der Waals surface area (Å²) in [5, 5.41) is 13.1. The van der Waals surface area contributed by atoms with Gasteiger partial charge in [-0.05, 0) is 26.0 Å². The lowest BCUT2D eigenvalue weighted by molar-refractivity contribution is 0.102. The summed E-state index contributed by atoms with van der Waals surface area (Å²) in [5.41, 5.74) is 2.13. The second kappa shape index (κ2) is 6.97. The summed E-state index contributed by atoms with van der Waals surface area (Å²) < 4.78 is 0. The monoisotopic (exact) mass is 301 g/mol. The summed E-state index contributed by atoms with van der Waals surface area (Å²) in [4.78, 5) is 21.2. The van der Waals surface area contributed by atoms with Crippen LogP contribution in [0.3, 0.4) is 0 Å². The lowest BCUT2D eigenvalue weighted by Crippen LogP contribution is -2.14. The third-order valence-corrected chi connectivity index (χ3v) is 3.36. The van der Waals surface area contributed by atoms with E-state index >= 15 is 0 Å². The molecule has 108 valence electrons. The van der Waals surface area contributed by atoms with Crippen LogP contribution >= 0.6 is 11.3 Å². The van der Waals surface area contributed by atoms with Crippen LogP contribution in [0.15, 0.2) is 17.5 Å². The van der Waals surface area contributed by atoms with E-state index in [1.807, 2.05) is 19.9 Å². The van der Waals surface area contributed by atoms with Gasteiger partial charge >= 0.3 is 0 Å². The van der Waals surface area contributed by atoms with Gasteiger partial charge in [0.15, 0.2) is 0 Å². The maximum atomic E-state index is 12.1. The van der Waals surface area contributed by atoms with Gasteiger partial charge in [0.1, 0.15) is 0 Å². The van der Waals surface area contributed by atoms with Crippen LogP contribution in [0.5, 0.6) is 0 Å². The van der Waals surface area contributed by atoms with Gasteiger partial charge < -0.3 is 5.11 Å². The molecule has 0 saturated carbocycles. The molecule has 0 unspecified atom stereocenters. The van der Waals surface area contributed by atoms with Gasteiger partial charge in [-0.15, -0.1) is 11.3 Å². The molecule has 0 radical (unpaired) electrons. The molecule has 0 aromatic carbocycles. The largest absolute Gasteiger partial charge is 0.395 e. The van der Waals surface area contributed by atoms with Crippen molar-refractivity contribution in [2.75, 3.05) is 11.9 Å². The Morgan fingerprint density at radius 1 is 1.33 bits per heavy atom. The maximum absolute atomic E-state index is 12.1. The highest BCUT2D eigenvalue weighted by Gasteiger charge is 2.10. The first-order chi connectivity index (χ1) is 10.1. The van der Waals surface area contributed by atoms with Gasteiger partial charge in [0, 0.05) is 23.2 Å².